The second-order valence-electron chi connectivity index (χ2n) is 4.80. The van der Waals surface area contributed by atoms with Crippen LogP contribution in [0.4, 0.5) is 0 Å². The lowest BCUT2D eigenvalue weighted by atomic mass is 10.0. The number of oxime groups is 1. The lowest BCUT2D eigenvalue weighted by Crippen LogP contribution is -2.54. The average molecular weight is 231 g/mol. The molecular weight excluding hydrogens is 210 g/mol. The Morgan fingerprint density at radius 3 is 2.31 bits per heavy atom. The van der Waals surface area contributed by atoms with Crippen molar-refractivity contribution in [1.82, 2.24) is 5.32 Å². The van der Waals surface area contributed by atoms with Crippen LogP contribution < -0.4 is 11.1 Å². The number of methoxy groups -OCH3 is 1. The summed E-state index contributed by atoms with van der Waals surface area (Å²) in [5, 5.41) is 14.1. The summed E-state index contributed by atoms with van der Waals surface area (Å²) in [6.07, 6.45) is 0.200. The predicted molar refractivity (Wildman–Crippen MR) is 61.3 cm³/mol. The molecule has 94 valence electrons. The van der Waals surface area contributed by atoms with Crippen molar-refractivity contribution in [2.45, 2.75) is 45.3 Å². The number of amides is 1. The Kier molecular flexibility index (Phi) is 4.74. The first kappa shape index (κ1) is 14.7. The summed E-state index contributed by atoms with van der Waals surface area (Å²) in [5.74, 6) is -0.264. The molecule has 0 spiro atoms. The molecule has 6 nitrogen and oxygen atoms in total. The Bertz CT molecular complexity index is 285. The quantitative estimate of drug-likeness (QED) is 0.277. The van der Waals surface area contributed by atoms with Gasteiger partial charge >= 0.3 is 0 Å². The van der Waals surface area contributed by atoms with Crippen molar-refractivity contribution in [2.24, 2.45) is 10.9 Å². The van der Waals surface area contributed by atoms with Gasteiger partial charge in [-0.2, -0.15) is 0 Å². The Morgan fingerprint density at radius 2 is 1.94 bits per heavy atom. The molecule has 0 aliphatic rings. The summed E-state index contributed by atoms with van der Waals surface area (Å²) in [5.41, 5.74) is 4.03. The lowest BCUT2D eigenvalue weighted by molar-refractivity contribution is -0.127. The van der Waals surface area contributed by atoms with Gasteiger partial charge in [0.1, 0.15) is 0 Å². The Balaban J connectivity index is 4.47. The molecule has 0 radical (unpaired) electrons. The maximum atomic E-state index is 11.7. The zero-order valence-corrected chi connectivity index (χ0v) is 10.5. The average Bonchev–Trinajstić information content (AvgIpc) is 2.14. The topological polar surface area (TPSA) is 96.9 Å². The van der Waals surface area contributed by atoms with Crippen molar-refractivity contribution >= 4 is 11.7 Å². The van der Waals surface area contributed by atoms with E-state index in [2.05, 4.69) is 10.5 Å². The van der Waals surface area contributed by atoms with Crippen molar-refractivity contribution in [1.29, 1.82) is 0 Å². The molecule has 0 atom stereocenters. The third-order valence-electron chi connectivity index (χ3n) is 2.34. The number of ether oxygens (including phenoxy) is 1. The second-order valence-corrected chi connectivity index (χ2v) is 4.80. The highest BCUT2D eigenvalue weighted by Gasteiger charge is 2.29. The third-order valence-corrected chi connectivity index (χ3v) is 2.34. The molecule has 0 aliphatic carbocycles. The minimum atomic E-state index is -0.879. The number of nitrogens with one attached hydrogen (secondary N) is 1. The summed E-state index contributed by atoms with van der Waals surface area (Å²) in [4.78, 5) is 11.7. The number of hydrogen-bond acceptors (Lipinski definition) is 4. The molecule has 0 aliphatic heterocycles. The van der Waals surface area contributed by atoms with E-state index < -0.39 is 11.1 Å². The van der Waals surface area contributed by atoms with E-state index in [9.17, 15) is 4.79 Å². The van der Waals surface area contributed by atoms with Crippen LogP contribution in [0.1, 0.15) is 34.1 Å². The summed E-state index contributed by atoms with van der Waals surface area (Å²) in [6, 6.07) is 0. The molecule has 0 fully saturated rings. The van der Waals surface area contributed by atoms with Crippen LogP contribution in [0.25, 0.3) is 0 Å². The molecule has 4 N–H and O–H groups in total. The van der Waals surface area contributed by atoms with E-state index in [1.54, 1.807) is 21.0 Å². The van der Waals surface area contributed by atoms with Crippen molar-refractivity contribution in [3.63, 3.8) is 0 Å². The van der Waals surface area contributed by atoms with Crippen LogP contribution in [-0.2, 0) is 9.53 Å². The molecule has 0 rings (SSSR count). The fourth-order valence-corrected chi connectivity index (χ4v) is 1.04. The summed E-state index contributed by atoms with van der Waals surface area (Å²) >= 11 is 0. The molecule has 0 bridgehead atoms. The summed E-state index contributed by atoms with van der Waals surface area (Å²) in [7, 11) is 1.54. The van der Waals surface area contributed by atoms with Crippen molar-refractivity contribution in [2.75, 3.05) is 7.11 Å². The van der Waals surface area contributed by atoms with Crippen LogP contribution in [0.15, 0.2) is 5.16 Å². The third kappa shape index (κ3) is 4.48. The molecule has 0 saturated heterocycles. The van der Waals surface area contributed by atoms with E-state index in [4.69, 9.17) is 15.7 Å². The fourth-order valence-electron chi connectivity index (χ4n) is 1.04. The number of rotatable bonds is 5. The molecule has 0 heterocycles. The van der Waals surface area contributed by atoms with Gasteiger partial charge < -0.3 is 21.0 Å². The Labute approximate surface area is 95.8 Å². The normalized spacial score (nSPS) is 13.7. The van der Waals surface area contributed by atoms with Crippen LogP contribution in [0, 0.1) is 0 Å². The molecule has 0 aromatic rings. The van der Waals surface area contributed by atoms with E-state index in [1.165, 1.54) is 0 Å². The maximum absolute atomic E-state index is 11.7. The van der Waals surface area contributed by atoms with Gasteiger partial charge in [0.2, 0.25) is 5.91 Å². The van der Waals surface area contributed by atoms with Gasteiger partial charge in [-0.1, -0.05) is 5.16 Å². The van der Waals surface area contributed by atoms with E-state index in [0.717, 1.165) is 0 Å². The van der Waals surface area contributed by atoms with Gasteiger partial charge in [-0.05, 0) is 27.7 Å². The largest absolute Gasteiger partial charge is 0.409 e. The van der Waals surface area contributed by atoms with Gasteiger partial charge in [0, 0.05) is 7.11 Å². The van der Waals surface area contributed by atoms with Crippen LogP contribution >= 0.6 is 0 Å². The molecule has 6 heteroatoms. The zero-order chi connectivity index (χ0) is 13.0. The summed E-state index contributed by atoms with van der Waals surface area (Å²) in [6.45, 7) is 6.92. The van der Waals surface area contributed by atoms with Crippen LogP contribution in [0.3, 0.4) is 0 Å². The molecule has 0 aromatic heterocycles. The highest BCUT2D eigenvalue weighted by molar-refractivity contribution is 5.93. The van der Waals surface area contributed by atoms with Crippen molar-refractivity contribution in [3.05, 3.63) is 0 Å². The van der Waals surface area contributed by atoms with Gasteiger partial charge in [0.25, 0.3) is 0 Å². The first-order valence-corrected chi connectivity index (χ1v) is 4.99. The van der Waals surface area contributed by atoms with E-state index >= 15 is 0 Å². The van der Waals surface area contributed by atoms with Crippen LogP contribution in [-0.4, -0.2) is 35.2 Å². The van der Waals surface area contributed by atoms with E-state index in [0.29, 0.717) is 0 Å². The summed E-state index contributed by atoms with van der Waals surface area (Å²) < 4.78 is 5.14. The van der Waals surface area contributed by atoms with Gasteiger partial charge in [-0.25, -0.2) is 0 Å². The van der Waals surface area contributed by atoms with Crippen LogP contribution in [0.5, 0.6) is 0 Å². The van der Waals surface area contributed by atoms with Crippen LogP contribution in [0.2, 0.25) is 0 Å². The zero-order valence-electron chi connectivity index (χ0n) is 10.5. The molecule has 0 saturated carbocycles. The van der Waals surface area contributed by atoms with Gasteiger partial charge in [0.15, 0.2) is 5.84 Å². The first-order valence-electron chi connectivity index (χ1n) is 4.99. The number of hydrogen-bond donors (Lipinski definition) is 3. The van der Waals surface area contributed by atoms with E-state index in [-0.39, 0.29) is 18.2 Å². The van der Waals surface area contributed by atoms with Gasteiger partial charge in [-0.15, -0.1) is 0 Å². The highest BCUT2D eigenvalue weighted by Crippen LogP contribution is 2.13. The van der Waals surface area contributed by atoms with Gasteiger partial charge in [-0.3, -0.25) is 4.79 Å². The van der Waals surface area contributed by atoms with Gasteiger partial charge in [0.05, 0.1) is 17.6 Å². The smallest absolute Gasteiger partial charge is 0.223 e. The number of carbonyl (C=O) groups is 1. The number of nitrogens with two attached hydrogens (primary N) is 1. The highest BCUT2D eigenvalue weighted by atomic mass is 16.5. The Morgan fingerprint density at radius 1 is 1.44 bits per heavy atom. The molecule has 0 aromatic carbocycles. The van der Waals surface area contributed by atoms with Crippen molar-refractivity contribution < 1.29 is 14.7 Å². The molecule has 0 unspecified atom stereocenters. The number of amidine groups is 1. The minimum Gasteiger partial charge on any atom is -0.409 e. The van der Waals surface area contributed by atoms with E-state index in [1.807, 2.05) is 13.8 Å². The molecule has 1 amide bonds. The first-order chi connectivity index (χ1) is 7.14. The Hall–Kier alpha value is -1.30. The fraction of sp³-hybridized carbons (Fsp3) is 0.800. The molecule has 16 heavy (non-hydrogen) atoms. The van der Waals surface area contributed by atoms with Crippen molar-refractivity contribution in [3.8, 4) is 0 Å². The predicted octanol–water partition coefficient (Wildman–Crippen LogP) is 0.443. The standard InChI is InChI=1S/C10H21N3O3/c1-9(2,16-5)6-7(14)12-10(3,4)8(11)13-15/h15H,6H2,1-5H3,(H2,11,13)(H,12,14). The SMILES string of the molecule is COC(C)(C)CC(=O)NC(C)(C)C(N)=NO. The minimum absolute atomic E-state index is 0.0453. The molecular formula is C10H21N3O3. The lowest BCUT2D eigenvalue weighted by Gasteiger charge is -2.28. The maximum Gasteiger partial charge on any atom is 0.223 e. The number of carbonyl (C=O) groups excluding carboxylic acids is 1. The second kappa shape index (κ2) is 5.16. The monoisotopic (exact) mass is 231 g/mol. The number of nitrogens with zero attached hydrogens (tertiary/aromatic N) is 1.